The van der Waals surface area contributed by atoms with Crippen molar-refractivity contribution < 1.29 is 4.39 Å². The normalized spacial score (nSPS) is 12.3. The van der Waals surface area contributed by atoms with Crippen LogP contribution in [0.25, 0.3) is 0 Å². The van der Waals surface area contributed by atoms with E-state index in [1.54, 1.807) is 18.3 Å². The molecule has 0 fully saturated rings. The third-order valence-corrected chi connectivity index (χ3v) is 2.42. The Morgan fingerprint density at radius 3 is 2.59 bits per heavy atom. The van der Waals surface area contributed by atoms with Crippen molar-refractivity contribution in [3.05, 3.63) is 42.4 Å². The average molecular weight is 236 g/mol. The topological polar surface area (TPSA) is 24.1 Å². The number of rotatable bonds is 6. The SMILES string of the molecule is C=CNC(C)Cc1ccc(NC(C)C)c(F)c1. The Balaban J connectivity index is 2.71. The smallest absolute Gasteiger partial charge is 0.146 e. The molecule has 0 spiro atoms. The number of anilines is 1. The largest absolute Gasteiger partial charge is 0.389 e. The van der Waals surface area contributed by atoms with E-state index in [1.807, 2.05) is 26.8 Å². The lowest BCUT2D eigenvalue weighted by molar-refractivity contribution is 0.612. The second-order valence-corrected chi connectivity index (χ2v) is 4.59. The summed E-state index contributed by atoms with van der Waals surface area (Å²) in [5.41, 5.74) is 1.55. The first-order valence-corrected chi connectivity index (χ1v) is 5.95. The van der Waals surface area contributed by atoms with Gasteiger partial charge >= 0.3 is 0 Å². The van der Waals surface area contributed by atoms with E-state index in [0.717, 1.165) is 12.0 Å². The number of halogens is 1. The fourth-order valence-corrected chi connectivity index (χ4v) is 1.73. The molecule has 94 valence electrons. The van der Waals surface area contributed by atoms with Gasteiger partial charge in [-0.25, -0.2) is 4.39 Å². The Hall–Kier alpha value is -1.51. The van der Waals surface area contributed by atoms with Crippen molar-refractivity contribution in [1.29, 1.82) is 0 Å². The van der Waals surface area contributed by atoms with Gasteiger partial charge in [0.05, 0.1) is 5.69 Å². The molecule has 0 bridgehead atoms. The van der Waals surface area contributed by atoms with Gasteiger partial charge < -0.3 is 10.6 Å². The minimum absolute atomic E-state index is 0.193. The summed E-state index contributed by atoms with van der Waals surface area (Å²) < 4.78 is 13.7. The number of hydrogen-bond donors (Lipinski definition) is 2. The van der Waals surface area contributed by atoms with Crippen LogP contribution in [0.5, 0.6) is 0 Å². The van der Waals surface area contributed by atoms with Crippen LogP contribution in [0.3, 0.4) is 0 Å². The molecule has 0 radical (unpaired) electrons. The summed E-state index contributed by atoms with van der Waals surface area (Å²) in [6, 6.07) is 5.83. The molecule has 2 N–H and O–H groups in total. The first-order valence-electron chi connectivity index (χ1n) is 5.95. The summed E-state index contributed by atoms with van der Waals surface area (Å²) in [5.74, 6) is -0.193. The molecule has 1 aromatic carbocycles. The highest BCUT2D eigenvalue weighted by molar-refractivity contribution is 5.47. The summed E-state index contributed by atoms with van der Waals surface area (Å²) in [6.07, 6.45) is 2.45. The molecule has 3 heteroatoms. The fourth-order valence-electron chi connectivity index (χ4n) is 1.73. The summed E-state index contributed by atoms with van der Waals surface area (Å²) in [4.78, 5) is 0. The van der Waals surface area contributed by atoms with E-state index in [-0.39, 0.29) is 17.9 Å². The molecule has 0 aliphatic heterocycles. The molecule has 0 saturated carbocycles. The number of nitrogens with one attached hydrogen (secondary N) is 2. The molecule has 0 amide bonds. The van der Waals surface area contributed by atoms with Gasteiger partial charge in [-0.3, -0.25) is 0 Å². The molecule has 0 aromatic heterocycles. The van der Waals surface area contributed by atoms with Gasteiger partial charge in [-0.05, 0) is 51.1 Å². The van der Waals surface area contributed by atoms with Gasteiger partial charge in [0.15, 0.2) is 0 Å². The predicted octanol–water partition coefficient (Wildman–Crippen LogP) is 3.31. The van der Waals surface area contributed by atoms with Crippen LogP contribution in [0.1, 0.15) is 26.3 Å². The Morgan fingerprint density at radius 1 is 1.35 bits per heavy atom. The van der Waals surface area contributed by atoms with Crippen molar-refractivity contribution in [3.63, 3.8) is 0 Å². The Kier molecular flexibility index (Phi) is 5.01. The van der Waals surface area contributed by atoms with Gasteiger partial charge in [0.1, 0.15) is 5.82 Å². The first kappa shape index (κ1) is 13.6. The zero-order chi connectivity index (χ0) is 12.8. The summed E-state index contributed by atoms with van der Waals surface area (Å²) in [5, 5.41) is 6.16. The molecule has 1 aromatic rings. The molecule has 0 heterocycles. The van der Waals surface area contributed by atoms with Crippen LogP contribution in [-0.4, -0.2) is 12.1 Å². The van der Waals surface area contributed by atoms with Crippen molar-refractivity contribution in [2.75, 3.05) is 5.32 Å². The minimum Gasteiger partial charge on any atom is -0.389 e. The zero-order valence-corrected chi connectivity index (χ0v) is 10.8. The van der Waals surface area contributed by atoms with Crippen molar-refractivity contribution in [3.8, 4) is 0 Å². The van der Waals surface area contributed by atoms with Crippen LogP contribution in [0.2, 0.25) is 0 Å². The van der Waals surface area contributed by atoms with E-state index in [9.17, 15) is 4.39 Å². The molecule has 0 aliphatic rings. The molecule has 1 atom stereocenters. The maximum atomic E-state index is 13.7. The Labute approximate surface area is 103 Å². The maximum absolute atomic E-state index is 13.7. The lowest BCUT2D eigenvalue weighted by Crippen LogP contribution is -2.22. The van der Waals surface area contributed by atoms with E-state index in [2.05, 4.69) is 17.2 Å². The van der Waals surface area contributed by atoms with Crippen LogP contribution < -0.4 is 10.6 Å². The van der Waals surface area contributed by atoms with E-state index in [4.69, 9.17) is 0 Å². The molecular formula is C14H21FN2. The molecule has 1 rings (SSSR count). The average Bonchev–Trinajstić information content (AvgIpc) is 2.22. The Morgan fingerprint density at radius 2 is 2.06 bits per heavy atom. The van der Waals surface area contributed by atoms with Gasteiger partial charge in [-0.1, -0.05) is 12.6 Å². The standard InChI is InChI=1S/C14H21FN2/c1-5-16-11(4)8-12-6-7-14(13(15)9-12)17-10(2)3/h5-7,9-11,16-17H,1,8H2,2-4H3. The third-order valence-electron chi connectivity index (χ3n) is 2.42. The van der Waals surface area contributed by atoms with E-state index >= 15 is 0 Å². The zero-order valence-electron chi connectivity index (χ0n) is 10.8. The third kappa shape index (κ3) is 4.47. The van der Waals surface area contributed by atoms with Crippen molar-refractivity contribution >= 4 is 5.69 Å². The van der Waals surface area contributed by atoms with Crippen LogP contribution in [-0.2, 0) is 6.42 Å². The highest BCUT2D eigenvalue weighted by Crippen LogP contribution is 2.17. The second-order valence-electron chi connectivity index (χ2n) is 4.59. The van der Waals surface area contributed by atoms with Gasteiger partial charge in [0.2, 0.25) is 0 Å². The van der Waals surface area contributed by atoms with Gasteiger partial charge in [0.25, 0.3) is 0 Å². The fraction of sp³-hybridized carbons (Fsp3) is 0.429. The molecular weight excluding hydrogens is 215 g/mol. The summed E-state index contributed by atoms with van der Waals surface area (Å²) >= 11 is 0. The predicted molar refractivity (Wildman–Crippen MR) is 71.7 cm³/mol. The molecule has 2 nitrogen and oxygen atoms in total. The quantitative estimate of drug-likeness (QED) is 0.792. The highest BCUT2D eigenvalue weighted by Gasteiger charge is 2.06. The van der Waals surface area contributed by atoms with E-state index in [1.165, 1.54) is 0 Å². The monoisotopic (exact) mass is 236 g/mol. The van der Waals surface area contributed by atoms with Gasteiger partial charge in [0, 0.05) is 12.1 Å². The number of hydrogen-bond acceptors (Lipinski definition) is 2. The molecule has 0 aliphatic carbocycles. The van der Waals surface area contributed by atoms with Gasteiger partial charge in [-0.15, -0.1) is 0 Å². The lowest BCUT2D eigenvalue weighted by Gasteiger charge is -2.14. The van der Waals surface area contributed by atoms with Crippen LogP contribution in [0.4, 0.5) is 10.1 Å². The van der Waals surface area contributed by atoms with Crippen LogP contribution >= 0.6 is 0 Å². The van der Waals surface area contributed by atoms with Crippen molar-refractivity contribution in [1.82, 2.24) is 5.32 Å². The summed E-state index contributed by atoms with van der Waals surface area (Å²) in [7, 11) is 0. The van der Waals surface area contributed by atoms with Crippen molar-refractivity contribution in [2.24, 2.45) is 0 Å². The minimum atomic E-state index is -0.193. The highest BCUT2D eigenvalue weighted by atomic mass is 19.1. The van der Waals surface area contributed by atoms with Crippen LogP contribution in [0, 0.1) is 5.82 Å². The lowest BCUT2D eigenvalue weighted by atomic mass is 10.1. The van der Waals surface area contributed by atoms with Gasteiger partial charge in [-0.2, -0.15) is 0 Å². The molecule has 0 saturated heterocycles. The Bertz CT molecular complexity index is 374. The summed E-state index contributed by atoms with van der Waals surface area (Å²) in [6.45, 7) is 9.63. The molecule has 1 unspecified atom stereocenters. The number of benzene rings is 1. The molecule has 17 heavy (non-hydrogen) atoms. The first-order chi connectivity index (χ1) is 8.02. The van der Waals surface area contributed by atoms with Crippen molar-refractivity contribution in [2.45, 2.75) is 39.3 Å². The second kappa shape index (κ2) is 6.28. The van der Waals surface area contributed by atoms with Crippen LogP contribution in [0.15, 0.2) is 31.0 Å². The van der Waals surface area contributed by atoms with E-state index in [0.29, 0.717) is 5.69 Å². The maximum Gasteiger partial charge on any atom is 0.146 e. The van der Waals surface area contributed by atoms with E-state index < -0.39 is 0 Å².